The number of anilines is 4. The van der Waals surface area contributed by atoms with E-state index in [0.717, 1.165) is 6.42 Å². The number of ether oxygens (including phenoxy) is 3. The second kappa shape index (κ2) is 16.3. The Morgan fingerprint density at radius 1 is 0.900 bits per heavy atom. The van der Waals surface area contributed by atoms with Gasteiger partial charge in [0.15, 0.2) is 0 Å². The molecule has 1 fully saturated rings. The number of amides is 1. The Labute approximate surface area is 234 Å². The van der Waals surface area contributed by atoms with Gasteiger partial charge >= 0.3 is 0 Å². The summed E-state index contributed by atoms with van der Waals surface area (Å²) < 4.78 is 16.2. The third-order valence-electron chi connectivity index (χ3n) is 6.00. The number of nitrogens with zero attached hydrogens (tertiary/aromatic N) is 4. The lowest BCUT2D eigenvalue weighted by Gasteiger charge is -2.27. The van der Waals surface area contributed by atoms with E-state index in [1.165, 1.54) is 5.56 Å². The Bertz CT molecular complexity index is 1180. The molecule has 1 amide bonds. The fourth-order valence-corrected chi connectivity index (χ4v) is 3.98. The molecule has 0 atom stereocenters. The molecule has 12 heteroatoms. The predicted octanol–water partition coefficient (Wildman–Crippen LogP) is 1.83. The molecule has 5 N–H and O–H groups in total. The van der Waals surface area contributed by atoms with Crippen molar-refractivity contribution in [3.63, 3.8) is 0 Å². The first-order valence-electron chi connectivity index (χ1n) is 13.6. The van der Waals surface area contributed by atoms with E-state index in [1.54, 1.807) is 12.1 Å². The minimum atomic E-state index is -0.195. The molecule has 12 nitrogen and oxygen atoms in total. The molecule has 0 unspecified atom stereocenters. The van der Waals surface area contributed by atoms with Crippen molar-refractivity contribution in [3.05, 3.63) is 65.7 Å². The van der Waals surface area contributed by atoms with E-state index in [2.05, 4.69) is 47.9 Å². The highest BCUT2D eigenvalue weighted by Gasteiger charge is 2.17. The van der Waals surface area contributed by atoms with Crippen LogP contribution in [0.1, 0.15) is 15.9 Å². The highest BCUT2D eigenvalue weighted by Crippen LogP contribution is 2.20. The maximum absolute atomic E-state index is 12.7. The lowest BCUT2D eigenvalue weighted by molar-refractivity contribution is 0.0511. The number of hydrogen-bond acceptors (Lipinski definition) is 11. The van der Waals surface area contributed by atoms with Crippen LogP contribution in [0.3, 0.4) is 0 Å². The van der Waals surface area contributed by atoms with E-state index in [-0.39, 0.29) is 5.91 Å². The van der Waals surface area contributed by atoms with Crippen LogP contribution in [0.5, 0.6) is 0 Å². The number of hydrogen-bond donors (Lipinski definition) is 4. The second-order valence-corrected chi connectivity index (χ2v) is 9.02. The Morgan fingerprint density at radius 3 is 2.48 bits per heavy atom. The summed E-state index contributed by atoms with van der Waals surface area (Å²) in [4.78, 5) is 28.6. The summed E-state index contributed by atoms with van der Waals surface area (Å²) in [6.07, 6.45) is 0.840. The van der Waals surface area contributed by atoms with Gasteiger partial charge in [-0.15, -0.1) is 0 Å². The molecule has 0 spiro atoms. The maximum Gasteiger partial charge on any atom is 0.251 e. The fraction of sp³-hybridized carbons (Fsp3) is 0.429. The normalized spacial score (nSPS) is 13.2. The highest BCUT2D eigenvalue weighted by atomic mass is 16.5. The zero-order chi connectivity index (χ0) is 27.8. The Morgan fingerprint density at radius 2 is 1.68 bits per heavy atom. The molecular weight excluding hydrogens is 512 g/mol. The van der Waals surface area contributed by atoms with E-state index in [4.69, 9.17) is 19.9 Å². The summed E-state index contributed by atoms with van der Waals surface area (Å²) in [5.41, 5.74) is 7.81. The standard InChI is InChI=1S/C28H38N8O4/c29-10-15-38-19-20-39-16-12-30-25(37)23-7-4-8-24(21-23)32-27-33-26(31-11-9-22-5-2-1-3-6-22)34-28(35-27)36-13-17-40-18-14-36/h1-8,21H,9-20,29H2,(H,30,37)(H2,31,32,33,34,35). The number of carbonyl (C=O) groups is 1. The van der Waals surface area contributed by atoms with Gasteiger partial charge in [-0.1, -0.05) is 36.4 Å². The van der Waals surface area contributed by atoms with Gasteiger partial charge in [-0.3, -0.25) is 4.79 Å². The van der Waals surface area contributed by atoms with Crippen molar-refractivity contribution in [2.45, 2.75) is 6.42 Å². The van der Waals surface area contributed by atoms with Gasteiger partial charge in [0, 0.05) is 44.0 Å². The van der Waals surface area contributed by atoms with Crippen LogP contribution in [0.15, 0.2) is 54.6 Å². The van der Waals surface area contributed by atoms with Gasteiger partial charge in [0.1, 0.15) is 0 Å². The molecular formula is C28H38N8O4. The lowest BCUT2D eigenvalue weighted by atomic mass is 10.1. The lowest BCUT2D eigenvalue weighted by Crippen LogP contribution is -2.37. The maximum atomic E-state index is 12.7. The number of morpholine rings is 1. The van der Waals surface area contributed by atoms with Crippen LogP contribution in [0.25, 0.3) is 0 Å². The van der Waals surface area contributed by atoms with Crippen LogP contribution in [-0.2, 0) is 20.6 Å². The van der Waals surface area contributed by atoms with E-state index in [9.17, 15) is 4.79 Å². The molecule has 0 saturated carbocycles. The van der Waals surface area contributed by atoms with Gasteiger partial charge < -0.3 is 40.8 Å². The van der Waals surface area contributed by atoms with E-state index < -0.39 is 0 Å². The average Bonchev–Trinajstić information content (AvgIpc) is 2.99. The Hall–Kier alpha value is -3.84. The van der Waals surface area contributed by atoms with Crippen LogP contribution in [0.2, 0.25) is 0 Å². The van der Waals surface area contributed by atoms with Crippen LogP contribution in [-0.4, -0.2) is 93.2 Å². The van der Waals surface area contributed by atoms with Gasteiger partial charge in [0.05, 0.1) is 39.6 Å². The monoisotopic (exact) mass is 550 g/mol. The summed E-state index contributed by atoms with van der Waals surface area (Å²) in [7, 11) is 0. The number of rotatable bonds is 16. The van der Waals surface area contributed by atoms with Crippen LogP contribution in [0.4, 0.5) is 23.5 Å². The largest absolute Gasteiger partial charge is 0.378 e. The Balaban J connectivity index is 1.36. The number of carbonyl (C=O) groups excluding carboxylic acids is 1. The molecule has 2 heterocycles. The molecule has 214 valence electrons. The molecule has 4 rings (SSSR count). The van der Waals surface area contributed by atoms with Crippen molar-refractivity contribution < 1.29 is 19.0 Å². The van der Waals surface area contributed by atoms with Crippen LogP contribution >= 0.6 is 0 Å². The summed E-state index contributed by atoms with van der Waals surface area (Å²) in [5, 5.41) is 9.43. The minimum absolute atomic E-state index is 0.195. The third kappa shape index (κ3) is 9.72. The van der Waals surface area contributed by atoms with Gasteiger partial charge in [-0.25, -0.2) is 0 Å². The van der Waals surface area contributed by atoms with Crippen LogP contribution < -0.4 is 26.6 Å². The molecule has 2 aromatic carbocycles. The summed E-state index contributed by atoms with van der Waals surface area (Å²) in [6.45, 7) is 6.03. The zero-order valence-corrected chi connectivity index (χ0v) is 22.7. The van der Waals surface area contributed by atoms with Crippen molar-refractivity contribution in [1.29, 1.82) is 0 Å². The van der Waals surface area contributed by atoms with Gasteiger partial charge in [-0.05, 0) is 30.2 Å². The summed E-state index contributed by atoms with van der Waals surface area (Å²) in [6, 6.07) is 17.4. The molecule has 0 bridgehead atoms. The van der Waals surface area contributed by atoms with E-state index in [0.29, 0.717) is 101 Å². The number of nitrogens with one attached hydrogen (secondary N) is 3. The predicted molar refractivity (Wildman–Crippen MR) is 154 cm³/mol. The van der Waals surface area contributed by atoms with Gasteiger partial charge in [0.25, 0.3) is 5.91 Å². The third-order valence-corrected chi connectivity index (χ3v) is 6.00. The van der Waals surface area contributed by atoms with E-state index in [1.807, 2.05) is 30.3 Å². The van der Waals surface area contributed by atoms with Crippen molar-refractivity contribution in [2.24, 2.45) is 5.73 Å². The molecule has 1 saturated heterocycles. The number of nitrogens with two attached hydrogens (primary N) is 1. The molecule has 0 radical (unpaired) electrons. The first-order chi connectivity index (χ1) is 19.7. The zero-order valence-electron chi connectivity index (χ0n) is 22.7. The van der Waals surface area contributed by atoms with Crippen molar-refractivity contribution in [3.8, 4) is 0 Å². The molecule has 1 aliphatic rings. The van der Waals surface area contributed by atoms with E-state index >= 15 is 0 Å². The molecule has 0 aliphatic carbocycles. The second-order valence-electron chi connectivity index (χ2n) is 9.02. The van der Waals surface area contributed by atoms with Crippen molar-refractivity contribution in [1.82, 2.24) is 20.3 Å². The SMILES string of the molecule is NCCOCCOCCNC(=O)c1cccc(Nc2nc(NCCc3ccccc3)nc(N3CCOCC3)n2)c1. The Kier molecular flexibility index (Phi) is 11.9. The number of benzene rings is 2. The van der Waals surface area contributed by atoms with Crippen LogP contribution in [0, 0.1) is 0 Å². The topological polar surface area (TPSA) is 149 Å². The molecule has 40 heavy (non-hydrogen) atoms. The molecule has 3 aromatic rings. The van der Waals surface area contributed by atoms with Crippen molar-refractivity contribution in [2.75, 3.05) is 87.9 Å². The summed E-state index contributed by atoms with van der Waals surface area (Å²) >= 11 is 0. The van der Waals surface area contributed by atoms with Gasteiger partial charge in [0.2, 0.25) is 17.8 Å². The molecule has 1 aromatic heterocycles. The van der Waals surface area contributed by atoms with Gasteiger partial charge in [-0.2, -0.15) is 15.0 Å². The fourth-order valence-electron chi connectivity index (χ4n) is 3.98. The average molecular weight is 551 g/mol. The number of aromatic nitrogens is 3. The minimum Gasteiger partial charge on any atom is -0.378 e. The quantitative estimate of drug-likeness (QED) is 0.194. The first-order valence-corrected chi connectivity index (χ1v) is 13.6. The first kappa shape index (κ1) is 29.2. The van der Waals surface area contributed by atoms with Crippen molar-refractivity contribution >= 4 is 29.4 Å². The highest BCUT2D eigenvalue weighted by molar-refractivity contribution is 5.95. The summed E-state index contributed by atoms with van der Waals surface area (Å²) in [5.74, 6) is 1.25. The smallest absolute Gasteiger partial charge is 0.251 e. The molecule has 1 aliphatic heterocycles.